The summed E-state index contributed by atoms with van der Waals surface area (Å²) in [4.78, 5) is 41.5. The average molecular weight is 609 g/mol. The Morgan fingerprint density at radius 2 is 1.57 bits per heavy atom. The van der Waals surface area contributed by atoms with E-state index in [2.05, 4.69) is 5.32 Å². The molecule has 226 valence electrons. The van der Waals surface area contributed by atoms with Crippen molar-refractivity contribution in [3.63, 3.8) is 0 Å². The van der Waals surface area contributed by atoms with Gasteiger partial charge in [-0.1, -0.05) is 60.7 Å². The van der Waals surface area contributed by atoms with Crippen molar-refractivity contribution in [3.8, 4) is 5.75 Å². The van der Waals surface area contributed by atoms with Crippen molar-refractivity contribution in [3.05, 3.63) is 132 Å². The number of nitrogens with one attached hydrogen (secondary N) is 1. The molecule has 0 saturated heterocycles. The fraction of sp³-hybridized carbons (Fsp3) is 0.194. The Morgan fingerprint density at radius 1 is 0.886 bits per heavy atom. The number of thioether (sulfide) groups is 1. The smallest absolute Gasteiger partial charge is 0.328 e. The summed E-state index contributed by atoms with van der Waals surface area (Å²) in [5.74, 6) is -0.0476. The molecular formula is C36H36N2O5S. The Morgan fingerprint density at radius 3 is 2.23 bits per heavy atom. The van der Waals surface area contributed by atoms with Gasteiger partial charge >= 0.3 is 5.97 Å². The molecule has 0 fully saturated rings. The van der Waals surface area contributed by atoms with E-state index in [0.29, 0.717) is 42.1 Å². The van der Waals surface area contributed by atoms with Crippen LogP contribution in [0.4, 0.5) is 11.4 Å². The van der Waals surface area contributed by atoms with Crippen molar-refractivity contribution in [2.24, 2.45) is 0 Å². The molecule has 4 rings (SSSR count). The molecule has 44 heavy (non-hydrogen) atoms. The highest BCUT2D eigenvalue weighted by molar-refractivity contribution is 7.98. The van der Waals surface area contributed by atoms with Gasteiger partial charge in [-0.3, -0.25) is 9.59 Å². The van der Waals surface area contributed by atoms with E-state index < -0.39 is 12.0 Å². The zero-order chi connectivity index (χ0) is 31.3. The molecule has 0 aromatic heterocycles. The molecule has 0 heterocycles. The van der Waals surface area contributed by atoms with Crippen LogP contribution in [0.25, 0.3) is 0 Å². The lowest BCUT2D eigenvalue weighted by Crippen LogP contribution is -2.33. The van der Waals surface area contributed by atoms with Gasteiger partial charge in [0.2, 0.25) is 0 Å². The number of hydrogen-bond acceptors (Lipinski definition) is 7. The quantitative estimate of drug-likeness (QED) is 0.0728. The summed E-state index contributed by atoms with van der Waals surface area (Å²) < 4.78 is 11.1. The molecule has 4 aromatic carbocycles. The van der Waals surface area contributed by atoms with E-state index >= 15 is 0 Å². The summed E-state index contributed by atoms with van der Waals surface area (Å²) in [5, 5.41) is 3.23. The second-order valence-electron chi connectivity index (χ2n) is 9.85. The lowest BCUT2D eigenvalue weighted by atomic mass is 10.00. The maximum Gasteiger partial charge on any atom is 0.328 e. The third-order valence-corrected chi connectivity index (χ3v) is 7.67. The van der Waals surface area contributed by atoms with Gasteiger partial charge in [-0.15, -0.1) is 11.8 Å². The van der Waals surface area contributed by atoms with E-state index in [1.165, 1.54) is 7.11 Å². The SMILES string of the molecule is CC=CC(=O)N(CCOc1ccc(C[C@H](Nc2ccccc2C(=O)c2ccccc2)C(=O)OC)cc1)c1ccc(SC)cc1. The molecule has 4 aromatic rings. The normalized spacial score (nSPS) is 11.5. The Hall–Kier alpha value is -4.82. The van der Waals surface area contributed by atoms with E-state index in [1.54, 1.807) is 59.1 Å². The number of carbonyl (C=O) groups excluding carboxylic acids is 3. The summed E-state index contributed by atoms with van der Waals surface area (Å²) >= 11 is 1.65. The molecule has 0 aliphatic heterocycles. The number of rotatable bonds is 14. The minimum absolute atomic E-state index is 0.114. The summed E-state index contributed by atoms with van der Waals surface area (Å²) in [6, 6.07) is 30.7. The summed E-state index contributed by atoms with van der Waals surface area (Å²) in [5.41, 5.74) is 3.27. The molecule has 1 N–H and O–H groups in total. The van der Waals surface area contributed by atoms with Gasteiger partial charge in [0, 0.05) is 33.8 Å². The highest BCUT2D eigenvalue weighted by Gasteiger charge is 2.23. The van der Waals surface area contributed by atoms with Gasteiger partial charge in [-0.25, -0.2) is 4.79 Å². The van der Waals surface area contributed by atoms with Crippen LogP contribution in [-0.2, 0) is 20.7 Å². The minimum Gasteiger partial charge on any atom is -0.492 e. The van der Waals surface area contributed by atoms with E-state index in [0.717, 1.165) is 16.1 Å². The van der Waals surface area contributed by atoms with E-state index in [9.17, 15) is 14.4 Å². The number of allylic oxidation sites excluding steroid dienone is 1. The molecule has 1 atom stereocenters. The molecule has 0 saturated carbocycles. The molecule has 1 amide bonds. The predicted molar refractivity (Wildman–Crippen MR) is 177 cm³/mol. The van der Waals surface area contributed by atoms with Gasteiger partial charge in [0.05, 0.1) is 13.7 Å². The number of nitrogens with zero attached hydrogens (tertiary/aromatic N) is 1. The number of methoxy groups -OCH3 is 1. The third kappa shape index (κ3) is 8.61. The Kier molecular flexibility index (Phi) is 11.8. The summed E-state index contributed by atoms with van der Waals surface area (Å²) in [6.45, 7) is 2.48. The van der Waals surface area contributed by atoms with Crippen LogP contribution in [0.5, 0.6) is 5.75 Å². The highest BCUT2D eigenvalue weighted by Crippen LogP contribution is 2.23. The first-order valence-electron chi connectivity index (χ1n) is 14.3. The standard InChI is InChI=1S/C36H36N2O5S/c1-4-10-34(39)38(28-17-21-30(44-3)22-18-28)23-24-43-29-19-15-26(16-20-29)25-33(36(41)42-2)37-32-14-9-8-13-31(32)35(40)27-11-6-5-7-12-27/h4-22,33,37H,23-25H2,1-3H3/t33-/m0/s1. The first kappa shape index (κ1) is 32.1. The molecule has 0 radical (unpaired) electrons. The number of ketones is 1. The zero-order valence-electron chi connectivity index (χ0n) is 25.1. The monoisotopic (exact) mass is 608 g/mol. The Balaban J connectivity index is 1.41. The van der Waals surface area contributed by atoms with Crippen molar-refractivity contribution >= 4 is 40.8 Å². The van der Waals surface area contributed by atoms with Crippen molar-refractivity contribution in [2.45, 2.75) is 24.3 Å². The van der Waals surface area contributed by atoms with Gasteiger partial charge in [0.1, 0.15) is 18.4 Å². The molecule has 0 aliphatic rings. The van der Waals surface area contributed by atoms with Crippen LogP contribution in [0.2, 0.25) is 0 Å². The lowest BCUT2D eigenvalue weighted by molar-refractivity contribution is -0.141. The molecule has 0 spiro atoms. The van der Waals surface area contributed by atoms with Crippen molar-refractivity contribution < 1.29 is 23.9 Å². The number of hydrogen-bond donors (Lipinski definition) is 1. The molecule has 0 aliphatic carbocycles. The summed E-state index contributed by atoms with van der Waals surface area (Å²) in [7, 11) is 1.34. The highest BCUT2D eigenvalue weighted by atomic mass is 32.2. The number of amides is 1. The fourth-order valence-electron chi connectivity index (χ4n) is 4.65. The van der Waals surface area contributed by atoms with E-state index in [1.807, 2.05) is 86.0 Å². The molecule has 0 bridgehead atoms. The number of carbonyl (C=O) groups is 3. The molecule has 0 unspecified atom stereocenters. The predicted octanol–water partition coefficient (Wildman–Crippen LogP) is 6.82. The third-order valence-electron chi connectivity index (χ3n) is 6.93. The Labute approximate surface area is 262 Å². The molecule has 7 nitrogen and oxygen atoms in total. The van der Waals surface area contributed by atoms with Gasteiger partial charge in [-0.05, 0) is 73.3 Å². The summed E-state index contributed by atoms with van der Waals surface area (Å²) in [6.07, 6.45) is 5.61. The van der Waals surface area contributed by atoms with E-state index in [4.69, 9.17) is 9.47 Å². The second kappa shape index (κ2) is 16.1. The number of anilines is 2. The van der Waals surface area contributed by atoms with Crippen LogP contribution in [-0.4, -0.2) is 50.2 Å². The van der Waals surface area contributed by atoms with Gasteiger partial charge in [0.25, 0.3) is 5.91 Å². The Bertz CT molecular complexity index is 1570. The van der Waals surface area contributed by atoms with Gasteiger partial charge < -0.3 is 19.7 Å². The van der Waals surface area contributed by atoms with Crippen LogP contribution in [0, 0.1) is 0 Å². The number of ether oxygens (including phenoxy) is 2. The van der Waals surface area contributed by atoms with Crippen LogP contribution in [0.3, 0.4) is 0 Å². The average Bonchev–Trinajstić information content (AvgIpc) is 3.07. The maximum absolute atomic E-state index is 13.2. The largest absolute Gasteiger partial charge is 0.492 e. The topological polar surface area (TPSA) is 84.9 Å². The number of benzene rings is 4. The number of esters is 1. The lowest BCUT2D eigenvalue weighted by Gasteiger charge is -2.22. The first-order chi connectivity index (χ1) is 21.4. The first-order valence-corrected chi connectivity index (χ1v) is 15.5. The zero-order valence-corrected chi connectivity index (χ0v) is 25.9. The van der Waals surface area contributed by atoms with Crippen molar-refractivity contribution in [1.29, 1.82) is 0 Å². The second-order valence-corrected chi connectivity index (χ2v) is 10.7. The van der Waals surface area contributed by atoms with Crippen LogP contribution in [0.15, 0.2) is 120 Å². The van der Waals surface area contributed by atoms with Crippen LogP contribution >= 0.6 is 11.8 Å². The maximum atomic E-state index is 13.2. The fourth-order valence-corrected chi connectivity index (χ4v) is 5.06. The van der Waals surface area contributed by atoms with E-state index in [-0.39, 0.29) is 11.7 Å². The molecule has 8 heteroatoms. The van der Waals surface area contributed by atoms with Crippen LogP contribution in [0.1, 0.15) is 28.4 Å². The van der Waals surface area contributed by atoms with Crippen molar-refractivity contribution in [1.82, 2.24) is 0 Å². The van der Waals surface area contributed by atoms with Gasteiger partial charge in [0.15, 0.2) is 5.78 Å². The van der Waals surface area contributed by atoms with Crippen molar-refractivity contribution in [2.75, 3.05) is 36.7 Å². The van der Waals surface area contributed by atoms with Crippen LogP contribution < -0.4 is 15.0 Å². The number of para-hydroxylation sites is 1. The minimum atomic E-state index is -0.722. The molecular weight excluding hydrogens is 572 g/mol. The van der Waals surface area contributed by atoms with Gasteiger partial charge in [-0.2, -0.15) is 0 Å².